The Labute approximate surface area is 159 Å². The van der Waals surface area contributed by atoms with Gasteiger partial charge in [0.2, 0.25) is 0 Å². The van der Waals surface area contributed by atoms with Gasteiger partial charge in [-0.3, -0.25) is 5.10 Å². The Balaban J connectivity index is 1.36. The fourth-order valence-electron chi connectivity index (χ4n) is 3.35. The van der Waals surface area contributed by atoms with Crippen molar-refractivity contribution < 1.29 is 4.42 Å². The molecule has 3 aromatic rings. The monoisotopic (exact) mass is 366 g/mol. The Kier molecular flexibility index (Phi) is 5.22. The predicted molar refractivity (Wildman–Crippen MR) is 106 cm³/mol. The second-order valence-electron chi connectivity index (χ2n) is 7.10. The summed E-state index contributed by atoms with van der Waals surface area (Å²) >= 11 is 0. The Hall–Kier alpha value is -2.64. The van der Waals surface area contributed by atoms with Crippen LogP contribution in [-0.4, -0.2) is 53.3 Å². The van der Waals surface area contributed by atoms with E-state index in [0.29, 0.717) is 0 Å². The number of aromatic nitrogens is 3. The number of anilines is 1. The van der Waals surface area contributed by atoms with Crippen molar-refractivity contribution in [3.05, 3.63) is 53.5 Å². The molecule has 1 saturated heterocycles. The fraction of sp³-hybridized carbons (Fsp3) is 0.400. The van der Waals surface area contributed by atoms with E-state index < -0.39 is 0 Å². The van der Waals surface area contributed by atoms with Gasteiger partial charge in [0.15, 0.2) is 5.76 Å². The lowest BCUT2D eigenvalue weighted by atomic mass is 10.2. The van der Waals surface area contributed by atoms with Crippen molar-refractivity contribution in [3.8, 4) is 11.5 Å². The molecule has 1 aliphatic heterocycles. The molecule has 0 bridgehead atoms. The van der Waals surface area contributed by atoms with Gasteiger partial charge >= 0.3 is 0 Å². The number of pyridine rings is 1. The summed E-state index contributed by atoms with van der Waals surface area (Å²) < 4.78 is 5.71. The van der Waals surface area contributed by atoms with E-state index in [0.717, 1.165) is 67.9 Å². The van der Waals surface area contributed by atoms with E-state index in [-0.39, 0.29) is 0 Å². The molecule has 0 aromatic carbocycles. The molecule has 7 nitrogen and oxygen atoms in total. The van der Waals surface area contributed by atoms with E-state index in [4.69, 9.17) is 4.42 Å². The lowest BCUT2D eigenvalue weighted by Gasteiger charge is -2.33. The first kappa shape index (κ1) is 17.8. The maximum Gasteiger partial charge on any atom is 0.152 e. The highest BCUT2D eigenvalue weighted by atomic mass is 16.3. The van der Waals surface area contributed by atoms with Crippen molar-refractivity contribution in [2.75, 3.05) is 38.1 Å². The van der Waals surface area contributed by atoms with E-state index in [1.54, 1.807) is 0 Å². The lowest BCUT2D eigenvalue weighted by molar-refractivity contribution is 0.312. The minimum atomic E-state index is 0.720. The van der Waals surface area contributed by atoms with Crippen LogP contribution in [0, 0.1) is 6.92 Å². The Bertz CT molecular complexity index is 878. The van der Waals surface area contributed by atoms with Crippen molar-refractivity contribution >= 4 is 5.82 Å². The summed E-state index contributed by atoms with van der Waals surface area (Å²) in [7, 11) is 2.17. The van der Waals surface area contributed by atoms with Gasteiger partial charge in [0.25, 0.3) is 0 Å². The molecule has 4 heterocycles. The second-order valence-corrected chi connectivity index (χ2v) is 7.10. The number of H-pyrrole nitrogens is 1. The maximum atomic E-state index is 5.71. The first-order valence-corrected chi connectivity index (χ1v) is 9.37. The van der Waals surface area contributed by atoms with Gasteiger partial charge < -0.3 is 19.5 Å². The third kappa shape index (κ3) is 4.20. The highest BCUT2D eigenvalue weighted by Gasteiger charge is 2.15. The van der Waals surface area contributed by atoms with Gasteiger partial charge in [0, 0.05) is 51.0 Å². The molecular weight excluding hydrogens is 340 g/mol. The molecule has 0 atom stereocenters. The van der Waals surface area contributed by atoms with Gasteiger partial charge in [-0.05, 0) is 43.8 Å². The van der Waals surface area contributed by atoms with Gasteiger partial charge in [0.05, 0.1) is 6.20 Å². The molecule has 0 amide bonds. The third-order valence-corrected chi connectivity index (χ3v) is 4.99. The topological polar surface area (TPSA) is 73.2 Å². The Morgan fingerprint density at radius 3 is 2.78 bits per heavy atom. The van der Waals surface area contributed by atoms with E-state index in [2.05, 4.69) is 49.5 Å². The van der Waals surface area contributed by atoms with Crippen molar-refractivity contribution in [3.63, 3.8) is 0 Å². The molecule has 4 rings (SSSR count). The van der Waals surface area contributed by atoms with Crippen LogP contribution in [0.2, 0.25) is 0 Å². The number of nitrogens with one attached hydrogen (secondary N) is 2. The van der Waals surface area contributed by atoms with Crippen molar-refractivity contribution in [2.24, 2.45) is 0 Å². The molecule has 0 radical (unpaired) electrons. The quantitative estimate of drug-likeness (QED) is 0.698. The molecule has 2 N–H and O–H groups in total. The maximum absolute atomic E-state index is 5.71. The molecule has 1 aliphatic rings. The zero-order valence-electron chi connectivity index (χ0n) is 15.9. The number of furan rings is 1. The summed E-state index contributed by atoms with van der Waals surface area (Å²) in [6.45, 7) is 7.67. The van der Waals surface area contributed by atoms with Crippen LogP contribution in [0.1, 0.15) is 16.9 Å². The molecular formula is C20H26N6O. The van der Waals surface area contributed by atoms with Crippen LogP contribution in [0.25, 0.3) is 11.5 Å². The van der Waals surface area contributed by atoms with Gasteiger partial charge in [-0.1, -0.05) is 0 Å². The SMILES string of the molecule is Cc1ccc(-c2[nH]ncc2CNCc2ccnc(N3CCN(C)CC3)c2)o1. The Morgan fingerprint density at radius 2 is 2.00 bits per heavy atom. The standard InChI is InChI=1S/C20H26N6O/c1-15-3-4-18(27-15)20-17(14-23-24-20)13-21-12-16-5-6-22-19(11-16)26-9-7-25(2)8-10-26/h3-6,11,14,21H,7-10,12-13H2,1-2H3,(H,23,24). The summed E-state index contributed by atoms with van der Waals surface area (Å²) in [6.07, 6.45) is 3.75. The minimum Gasteiger partial charge on any atom is -0.460 e. The normalized spacial score (nSPS) is 15.4. The smallest absolute Gasteiger partial charge is 0.152 e. The van der Waals surface area contributed by atoms with Crippen LogP contribution >= 0.6 is 0 Å². The molecule has 0 saturated carbocycles. The number of piperazine rings is 1. The van der Waals surface area contributed by atoms with Crippen LogP contribution in [0.15, 0.2) is 41.1 Å². The van der Waals surface area contributed by atoms with E-state index in [1.165, 1.54) is 5.56 Å². The summed E-state index contributed by atoms with van der Waals surface area (Å²) in [5.41, 5.74) is 3.26. The number of likely N-dealkylation sites (N-methyl/N-ethyl adjacent to an activating group) is 1. The summed E-state index contributed by atoms with van der Waals surface area (Å²) in [6, 6.07) is 8.19. The number of nitrogens with zero attached hydrogens (tertiary/aromatic N) is 4. The molecule has 0 unspecified atom stereocenters. The number of rotatable bonds is 6. The summed E-state index contributed by atoms with van der Waals surface area (Å²) in [5.74, 6) is 2.78. The second kappa shape index (κ2) is 7.94. The van der Waals surface area contributed by atoms with Crippen LogP contribution in [0.3, 0.4) is 0 Å². The van der Waals surface area contributed by atoms with Crippen LogP contribution in [0.4, 0.5) is 5.82 Å². The zero-order chi connectivity index (χ0) is 18.6. The average molecular weight is 366 g/mol. The lowest BCUT2D eigenvalue weighted by Crippen LogP contribution is -2.44. The number of hydrogen-bond donors (Lipinski definition) is 2. The molecule has 142 valence electrons. The molecule has 1 fully saturated rings. The average Bonchev–Trinajstić information content (AvgIpc) is 3.31. The first-order valence-electron chi connectivity index (χ1n) is 9.37. The third-order valence-electron chi connectivity index (χ3n) is 4.99. The van der Waals surface area contributed by atoms with Crippen molar-refractivity contribution in [2.45, 2.75) is 20.0 Å². The minimum absolute atomic E-state index is 0.720. The van der Waals surface area contributed by atoms with Gasteiger partial charge in [-0.2, -0.15) is 5.10 Å². The molecule has 7 heteroatoms. The number of aryl methyl sites for hydroxylation is 1. The number of hydrogen-bond acceptors (Lipinski definition) is 6. The fourth-order valence-corrected chi connectivity index (χ4v) is 3.35. The van der Waals surface area contributed by atoms with Gasteiger partial charge in [-0.15, -0.1) is 0 Å². The highest BCUT2D eigenvalue weighted by molar-refractivity contribution is 5.56. The van der Waals surface area contributed by atoms with Crippen LogP contribution < -0.4 is 10.2 Å². The van der Waals surface area contributed by atoms with E-state index in [1.807, 2.05) is 31.5 Å². The predicted octanol–water partition coefficient (Wildman–Crippen LogP) is 2.41. The Morgan fingerprint density at radius 1 is 1.15 bits per heavy atom. The zero-order valence-corrected chi connectivity index (χ0v) is 15.9. The van der Waals surface area contributed by atoms with Crippen LogP contribution in [0.5, 0.6) is 0 Å². The number of aromatic amines is 1. The molecule has 3 aromatic heterocycles. The molecule has 0 spiro atoms. The first-order chi connectivity index (χ1) is 13.2. The molecule has 0 aliphatic carbocycles. The van der Waals surface area contributed by atoms with Crippen LogP contribution in [-0.2, 0) is 13.1 Å². The highest BCUT2D eigenvalue weighted by Crippen LogP contribution is 2.23. The van der Waals surface area contributed by atoms with Gasteiger partial charge in [0.1, 0.15) is 17.3 Å². The van der Waals surface area contributed by atoms with E-state index >= 15 is 0 Å². The van der Waals surface area contributed by atoms with Crippen molar-refractivity contribution in [1.29, 1.82) is 0 Å². The largest absolute Gasteiger partial charge is 0.460 e. The van der Waals surface area contributed by atoms with E-state index in [9.17, 15) is 0 Å². The van der Waals surface area contributed by atoms with Crippen molar-refractivity contribution in [1.82, 2.24) is 25.4 Å². The summed E-state index contributed by atoms with van der Waals surface area (Å²) in [4.78, 5) is 9.26. The summed E-state index contributed by atoms with van der Waals surface area (Å²) in [5, 5.41) is 10.7. The van der Waals surface area contributed by atoms with Gasteiger partial charge in [-0.25, -0.2) is 4.98 Å². The molecule has 27 heavy (non-hydrogen) atoms.